The summed E-state index contributed by atoms with van der Waals surface area (Å²) in [7, 11) is 2.22. The molecular formula is C9H19N3. The quantitative estimate of drug-likeness (QED) is 0.576. The van der Waals surface area contributed by atoms with Gasteiger partial charge < -0.3 is 10.2 Å². The minimum absolute atomic E-state index is 0.736. The zero-order valence-corrected chi connectivity index (χ0v) is 8.08. The molecule has 0 aromatic heterocycles. The lowest BCUT2D eigenvalue weighted by Gasteiger charge is -2.45. The van der Waals surface area contributed by atoms with E-state index in [-0.39, 0.29) is 0 Å². The molecule has 2 heterocycles. The first-order valence-corrected chi connectivity index (χ1v) is 4.92. The maximum absolute atomic E-state index is 3.33. The third-order valence-electron chi connectivity index (χ3n) is 3.27. The molecular weight excluding hydrogens is 150 g/mol. The highest BCUT2D eigenvalue weighted by atomic mass is 15.3. The normalized spacial score (nSPS) is 35.0. The Morgan fingerprint density at radius 2 is 2.00 bits per heavy atom. The van der Waals surface area contributed by atoms with E-state index in [1.807, 2.05) is 0 Å². The molecule has 70 valence electrons. The minimum Gasteiger partial charge on any atom is -0.314 e. The Bertz CT molecular complexity index is 156. The van der Waals surface area contributed by atoms with Crippen LogP contribution in [0.15, 0.2) is 0 Å². The first-order valence-electron chi connectivity index (χ1n) is 4.92. The van der Waals surface area contributed by atoms with Crippen molar-refractivity contribution in [2.24, 2.45) is 0 Å². The van der Waals surface area contributed by atoms with Crippen LogP contribution in [0.5, 0.6) is 0 Å². The van der Waals surface area contributed by atoms with Crippen LogP contribution in [0.4, 0.5) is 0 Å². The molecule has 3 heteroatoms. The first-order chi connectivity index (χ1) is 5.77. The predicted molar refractivity (Wildman–Crippen MR) is 50.3 cm³/mol. The van der Waals surface area contributed by atoms with Crippen LogP contribution in [0.2, 0.25) is 0 Å². The van der Waals surface area contributed by atoms with Crippen molar-refractivity contribution in [1.29, 1.82) is 0 Å². The summed E-state index contributed by atoms with van der Waals surface area (Å²) in [5.41, 5.74) is 0. The van der Waals surface area contributed by atoms with E-state index in [9.17, 15) is 0 Å². The van der Waals surface area contributed by atoms with E-state index < -0.39 is 0 Å². The van der Waals surface area contributed by atoms with E-state index in [0.29, 0.717) is 0 Å². The minimum atomic E-state index is 0.736. The number of likely N-dealkylation sites (N-methyl/N-ethyl adjacent to an activating group) is 1. The molecule has 2 rings (SSSR count). The fourth-order valence-corrected chi connectivity index (χ4v) is 1.94. The average Bonchev–Trinajstić information content (AvgIpc) is 1.93. The van der Waals surface area contributed by atoms with Crippen LogP contribution in [0.1, 0.15) is 6.92 Å². The molecule has 2 saturated heterocycles. The predicted octanol–water partition coefficient (Wildman–Crippen LogP) is -0.406. The van der Waals surface area contributed by atoms with E-state index >= 15 is 0 Å². The van der Waals surface area contributed by atoms with Crippen LogP contribution in [0.25, 0.3) is 0 Å². The molecule has 0 aliphatic carbocycles. The molecule has 1 atom stereocenters. The molecule has 1 N–H and O–H groups in total. The molecule has 1 unspecified atom stereocenters. The van der Waals surface area contributed by atoms with Gasteiger partial charge in [-0.25, -0.2) is 0 Å². The smallest absolute Gasteiger partial charge is 0.0346 e. The topological polar surface area (TPSA) is 18.5 Å². The van der Waals surface area contributed by atoms with Gasteiger partial charge in [0.15, 0.2) is 0 Å². The Hall–Kier alpha value is -0.120. The lowest BCUT2D eigenvalue weighted by molar-refractivity contribution is 0.0522. The van der Waals surface area contributed by atoms with Crippen molar-refractivity contribution in [3.05, 3.63) is 0 Å². The number of nitrogens with zero attached hydrogens (tertiary/aromatic N) is 2. The lowest BCUT2D eigenvalue weighted by atomic mass is 10.1. The second-order valence-electron chi connectivity index (χ2n) is 4.14. The van der Waals surface area contributed by atoms with Gasteiger partial charge in [0.1, 0.15) is 0 Å². The highest BCUT2D eigenvalue weighted by Crippen LogP contribution is 2.12. The monoisotopic (exact) mass is 169 g/mol. The summed E-state index contributed by atoms with van der Waals surface area (Å²) in [6.07, 6.45) is 0. The number of hydrogen-bond acceptors (Lipinski definition) is 3. The number of rotatable bonds is 1. The summed E-state index contributed by atoms with van der Waals surface area (Å²) in [6, 6.07) is 1.57. The van der Waals surface area contributed by atoms with Gasteiger partial charge in [-0.1, -0.05) is 0 Å². The molecule has 0 amide bonds. The molecule has 2 aliphatic rings. The van der Waals surface area contributed by atoms with E-state index in [0.717, 1.165) is 12.1 Å². The van der Waals surface area contributed by atoms with Crippen molar-refractivity contribution in [3.63, 3.8) is 0 Å². The SMILES string of the molecule is CC1CN(C2CNC2)CCN1C. The van der Waals surface area contributed by atoms with Crippen LogP contribution in [0, 0.1) is 0 Å². The van der Waals surface area contributed by atoms with Gasteiger partial charge in [0.2, 0.25) is 0 Å². The molecule has 0 saturated carbocycles. The van der Waals surface area contributed by atoms with Crippen LogP contribution in [-0.2, 0) is 0 Å². The fraction of sp³-hybridized carbons (Fsp3) is 1.00. The Balaban J connectivity index is 1.84. The van der Waals surface area contributed by atoms with E-state index in [1.54, 1.807) is 0 Å². The van der Waals surface area contributed by atoms with Crippen LogP contribution < -0.4 is 5.32 Å². The van der Waals surface area contributed by atoms with Crippen LogP contribution >= 0.6 is 0 Å². The molecule has 0 spiro atoms. The standard InChI is InChI=1S/C9H19N3/c1-8-7-12(4-3-11(8)2)9-5-10-6-9/h8-10H,3-7H2,1-2H3. The molecule has 12 heavy (non-hydrogen) atoms. The van der Waals surface area contributed by atoms with Gasteiger partial charge in [-0.3, -0.25) is 4.90 Å². The fourth-order valence-electron chi connectivity index (χ4n) is 1.94. The van der Waals surface area contributed by atoms with Crippen molar-refractivity contribution < 1.29 is 0 Å². The summed E-state index contributed by atoms with van der Waals surface area (Å²) >= 11 is 0. The van der Waals surface area contributed by atoms with E-state index in [4.69, 9.17) is 0 Å². The maximum atomic E-state index is 3.33. The van der Waals surface area contributed by atoms with Crippen molar-refractivity contribution >= 4 is 0 Å². The summed E-state index contributed by atoms with van der Waals surface area (Å²) in [5.74, 6) is 0. The van der Waals surface area contributed by atoms with Gasteiger partial charge in [0.05, 0.1) is 0 Å². The van der Waals surface area contributed by atoms with Crippen molar-refractivity contribution in [1.82, 2.24) is 15.1 Å². The molecule has 2 aliphatic heterocycles. The number of hydrogen-bond donors (Lipinski definition) is 1. The van der Waals surface area contributed by atoms with Crippen molar-refractivity contribution in [3.8, 4) is 0 Å². The number of piperazine rings is 1. The van der Waals surface area contributed by atoms with Crippen LogP contribution in [0.3, 0.4) is 0 Å². The number of nitrogens with one attached hydrogen (secondary N) is 1. The van der Waals surface area contributed by atoms with Gasteiger partial charge in [-0.2, -0.15) is 0 Å². The van der Waals surface area contributed by atoms with Crippen molar-refractivity contribution in [2.75, 3.05) is 39.8 Å². The van der Waals surface area contributed by atoms with Gasteiger partial charge in [0, 0.05) is 44.8 Å². The van der Waals surface area contributed by atoms with Crippen molar-refractivity contribution in [2.45, 2.75) is 19.0 Å². The second-order valence-corrected chi connectivity index (χ2v) is 4.14. The highest BCUT2D eigenvalue weighted by molar-refractivity contribution is 4.89. The van der Waals surface area contributed by atoms with Gasteiger partial charge in [0.25, 0.3) is 0 Å². The molecule has 0 radical (unpaired) electrons. The third kappa shape index (κ3) is 1.49. The van der Waals surface area contributed by atoms with Gasteiger partial charge in [-0.05, 0) is 14.0 Å². The Labute approximate surface area is 74.7 Å². The summed E-state index contributed by atoms with van der Waals surface area (Å²) in [6.45, 7) is 8.47. The Morgan fingerprint density at radius 1 is 1.25 bits per heavy atom. The zero-order chi connectivity index (χ0) is 8.55. The largest absolute Gasteiger partial charge is 0.314 e. The van der Waals surface area contributed by atoms with Crippen LogP contribution in [-0.4, -0.2) is 61.7 Å². The zero-order valence-electron chi connectivity index (χ0n) is 8.08. The lowest BCUT2D eigenvalue weighted by Crippen LogP contribution is -2.62. The summed E-state index contributed by atoms with van der Waals surface area (Å²) in [5, 5.41) is 3.33. The highest BCUT2D eigenvalue weighted by Gasteiger charge is 2.29. The van der Waals surface area contributed by atoms with E-state index in [1.165, 1.54) is 32.7 Å². The maximum Gasteiger partial charge on any atom is 0.0346 e. The summed E-state index contributed by atoms with van der Waals surface area (Å²) in [4.78, 5) is 5.07. The molecule has 0 aromatic rings. The summed E-state index contributed by atoms with van der Waals surface area (Å²) < 4.78 is 0. The molecule has 0 aromatic carbocycles. The van der Waals surface area contributed by atoms with E-state index in [2.05, 4.69) is 29.1 Å². The molecule has 0 bridgehead atoms. The average molecular weight is 169 g/mol. The Morgan fingerprint density at radius 3 is 2.50 bits per heavy atom. The molecule has 2 fully saturated rings. The van der Waals surface area contributed by atoms with Gasteiger partial charge in [-0.15, -0.1) is 0 Å². The first kappa shape index (κ1) is 8.48. The Kier molecular flexibility index (Phi) is 2.35. The van der Waals surface area contributed by atoms with Gasteiger partial charge >= 0.3 is 0 Å². The molecule has 3 nitrogen and oxygen atoms in total. The second kappa shape index (κ2) is 3.32. The third-order valence-corrected chi connectivity index (χ3v) is 3.27.